The second kappa shape index (κ2) is 5.71. The molecule has 9 heteroatoms. The zero-order chi connectivity index (χ0) is 14.8. The first-order valence-electron chi connectivity index (χ1n) is 5.87. The Morgan fingerprint density at radius 3 is 2.90 bits per heavy atom. The molecular formula is C11H13FN2O5S. The number of hydrogen-bond acceptors (Lipinski definition) is 6. The van der Waals surface area contributed by atoms with Gasteiger partial charge in [0.25, 0.3) is 5.91 Å². The first-order valence-corrected chi connectivity index (χ1v) is 7.17. The molecule has 1 aromatic heterocycles. The van der Waals surface area contributed by atoms with Crippen LogP contribution in [0.1, 0.15) is 23.7 Å². The normalized spacial score (nSPS) is 22.5. The van der Waals surface area contributed by atoms with Crippen molar-refractivity contribution >= 4 is 16.4 Å². The molecule has 0 bridgehead atoms. The number of amides is 1. The fourth-order valence-electron chi connectivity index (χ4n) is 1.88. The van der Waals surface area contributed by atoms with Gasteiger partial charge in [0, 0.05) is 12.8 Å². The van der Waals surface area contributed by atoms with Gasteiger partial charge in [0.15, 0.2) is 5.75 Å². The number of rotatable bonds is 4. The largest absolute Gasteiger partial charge is 0.488 e. The lowest BCUT2D eigenvalue weighted by molar-refractivity contribution is 0.0865. The van der Waals surface area contributed by atoms with Crippen LogP contribution in [0.5, 0.6) is 5.75 Å². The number of nitrogens with zero attached hydrogens (tertiary/aromatic N) is 1. The van der Waals surface area contributed by atoms with E-state index in [0.717, 1.165) is 12.3 Å². The smallest absolute Gasteiger partial charge is 0.376 e. The Morgan fingerprint density at radius 2 is 2.30 bits per heavy atom. The quantitative estimate of drug-likeness (QED) is 0.818. The Kier molecular flexibility index (Phi) is 4.19. The molecule has 1 fully saturated rings. The van der Waals surface area contributed by atoms with Gasteiger partial charge in [-0.3, -0.25) is 9.78 Å². The van der Waals surface area contributed by atoms with E-state index in [1.807, 2.05) is 6.92 Å². The first kappa shape index (κ1) is 14.7. The number of aromatic nitrogens is 1. The van der Waals surface area contributed by atoms with Gasteiger partial charge in [-0.25, -0.2) is 0 Å². The topological polar surface area (TPSA) is 94.6 Å². The van der Waals surface area contributed by atoms with E-state index in [1.54, 1.807) is 0 Å². The fraction of sp³-hybridized carbons (Fsp3) is 0.455. The summed E-state index contributed by atoms with van der Waals surface area (Å²) in [6, 6.07) is 0.969. The van der Waals surface area contributed by atoms with Gasteiger partial charge in [0.2, 0.25) is 0 Å². The van der Waals surface area contributed by atoms with Gasteiger partial charge in [-0.2, -0.15) is 8.42 Å². The number of hydrogen-bond donors (Lipinski definition) is 1. The van der Waals surface area contributed by atoms with Gasteiger partial charge in [-0.05, 0) is 19.4 Å². The minimum atomic E-state index is -5.14. The molecule has 1 aromatic rings. The van der Waals surface area contributed by atoms with Crippen molar-refractivity contribution in [2.75, 3.05) is 6.61 Å². The molecule has 1 aliphatic rings. The van der Waals surface area contributed by atoms with Gasteiger partial charge in [0.1, 0.15) is 0 Å². The van der Waals surface area contributed by atoms with Gasteiger partial charge in [-0.15, -0.1) is 0 Å². The predicted octanol–water partition coefficient (Wildman–Crippen LogP) is 0.582. The summed E-state index contributed by atoms with van der Waals surface area (Å²) in [6.07, 6.45) is 2.82. The highest BCUT2D eigenvalue weighted by molar-refractivity contribution is 7.81. The van der Waals surface area contributed by atoms with Gasteiger partial charge in [-0.1, -0.05) is 3.89 Å². The molecule has 0 radical (unpaired) electrons. The van der Waals surface area contributed by atoms with E-state index >= 15 is 0 Å². The third-order valence-electron chi connectivity index (χ3n) is 2.86. The Hall–Kier alpha value is -1.74. The molecule has 1 aliphatic heterocycles. The minimum absolute atomic E-state index is 0.0743. The zero-order valence-corrected chi connectivity index (χ0v) is 11.4. The summed E-state index contributed by atoms with van der Waals surface area (Å²) in [5.74, 6) is -0.822. The van der Waals surface area contributed by atoms with Crippen LogP contribution in [-0.4, -0.2) is 38.1 Å². The Morgan fingerprint density at radius 1 is 1.55 bits per heavy atom. The van der Waals surface area contributed by atoms with E-state index in [4.69, 9.17) is 4.74 Å². The van der Waals surface area contributed by atoms with Crippen LogP contribution in [0, 0.1) is 0 Å². The van der Waals surface area contributed by atoms with Gasteiger partial charge < -0.3 is 14.2 Å². The number of carbonyl (C=O) groups is 1. The van der Waals surface area contributed by atoms with Crippen molar-refractivity contribution in [3.63, 3.8) is 0 Å². The maximum atomic E-state index is 12.4. The van der Waals surface area contributed by atoms with Crippen molar-refractivity contribution < 1.29 is 26.0 Å². The van der Waals surface area contributed by atoms with Crippen LogP contribution in [0.25, 0.3) is 0 Å². The molecule has 2 atom stereocenters. The Bertz CT molecular complexity index is 607. The third-order valence-corrected chi connectivity index (χ3v) is 3.26. The van der Waals surface area contributed by atoms with Crippen molar-refractivity contribution in [2.24, 2.45) is 0 Å². The highest BCUT2D eigenvalue weighted by Crippen LogP contribution is 2.16. The Labute approximate surface area is 115 Å². The zero-order valence-electron chi connectivity index (χ0n) is 10.6. The summed E-state index contributed by atoms with van der Waals surface area (Å²) < 4.78 is 42.5. The van der Waals surface area contributed by atoms with Crippen LogP contribution in [0.15, 0.2) is 18.5 Å². The number of carbonyl (C=O) groups excluding carboxylic acids is 1. The lowest BCUT2D eigenvalue weighted by Gasteiger charge is -2.15. The molecule has 0 spiro atoms. The lowest BCUT2D eigenvalue weighted by Crippen LogP contribution is -2.39. The van der Waals surface area contributed by atoms with Gasteiger partial charge >= 0.3 is 10.5 Å². The summed E-state index contributed by atoms with van der Waals surface area (Å²) in [4.78, 5) is 15.6. The highest BCUT2D eigenvalue weighted by Gasteiger charge is 2.26. The van der Waals surface area contributed by atoms with Crippen molar-refractivity contribution in [3.8, 4) is 5.75 Å². The summed E-state index contributed by atoms with van der Waals surface area (Å²) in [6.45, 7) is 2.40. The maximum absolute atomic E-state index is 12.4. The van der Waals surface area contributed by atoms with Crippen molar-refractivity contribution in [2.45, 2.75) is 25.5 Å². The summed E-state index contributed by atoms with van der Waals surface area (Å²) in [7, 11) is -5.14. The summed E-state index contributed by atoms with van der Waals surface area (Å²) in [5, 5.41) is 2.73. The molecular weight excluding hydrogens is 291 g/mol. The first-order chi connectivity index (χ1) is 9.35. The van der Waals surface area contributed by atoms with Gasteiger partial charge in [0.05, 0.1) is 23.9 Å². The highest BCUT2D eigenvalue weighted by atomic mass is 32.3. The number of ether oxygens (including phenoxy) is 1. The molecule has 0 aromatic carbocycles. The molecule has 1 amide bonds. The fourth-order valence-corrected chi connectivity index (χ4v) is 2.20. The summed E-state index contributed by atoms with van der Waals surface area (Å²) in [5.41, 5.74) is 0.0743. The van der Waals surface area contributed by atoms with E-state index in [9.17, 15) is 17.1 Å². The standard InChI is InChI=1S/C11H13FN2O5S/c1-7-10(2-3-18-7)14-11(15)8-4-9(6-13-5-8)19-20(12,16)17/h4-7,10H,2-3H2,1H3,(H,14,15). The van der Waals surface area contributed by atoms with E-state index in [1.165, 1.54) is 6.20 Å². The predicted molar refractivity (Wildman–Crippen MR) is 66.2 cm³/mol. The summed E-state index contributed by atoms with van der Waals surface area (Å²) >= 11 is 0. The van der Waals surface area contributed by atoms with Crippen LogP contribution in [-0.2, 0) is 15.2 Å². The molecule has 0 saturated carbocycles. The SMILES string of the molecule is CC1OCCC1NC(=O)c1cncc(OS(=O)(=O)F)c1. The molecule has 2 rings (SSSR count). The van der Waals surface area contributed by atoms with Crippen LogP contribution in [0.3, 0.4) is 0 Å². The minimum Gasteiger partial charge on any atom is -0.376 e. The average molecular weight is 304 g/mol. The molecule has 0 aliphatic carbocycles. The third kappa shape index (κ3) is 3.87. The van der Waals surface area contributed by atoms with Crippen LogP contribution in [0.4, 0.5) is 3.89 Å². The molecule has 110 valence electrons. The van der Waals surface area contributed by atoms with Crippen LogP contribution < -0.4 is 9.50 Å². The van der Waals surface area contributed by atoms with Crippen molar-refractivity contribution in [3.05, 3.63) is 24.0 Å². The van der Waals surface area contributed by atoms with E-state index in [0.29, 0.717) is 13.0 Å². The number of pyridine rings is 1. The number of halogens is 1. The molecule has 2 heterocycles. The van der Waals surface area contributed by atoms with Crippen molar-refractivity contribution in [1.82, 2.24) is 10.3 Å². The molecule has 2 unspecified atom stereocenters. The molecule has 20 heavy (non-hydrogen) atoms. The van der Waals surface area contributed by atoms with Crippen LogP contribution in [0.2, 0.25) is 0 Å². The molecule has 1 saturated heterocycles. The van der Waals surface area contributed by atoms with Crippen LogP contribution >= 0.6 is 0 Å². The maximum Gasteiger partial charge on any atom is 0.488 e. The van der Waals surface area contributed by atoms with E-state index in [-0.39, 0.29) is 23.5 Å². The Balaban J connectivity index is 2.08. The van der Waals surface area contributed by atoms with E-state index < -0.39 is 16.4 Å². The molecule has 1 N–H and O–H groups in total. The lowest BCUT2D eigenvalue weighted by atomic mass is 10.1. The second-order valence-electron chi connectivity index (χ2n) is 4.33. The second-order valence-corrected chi connectivity index (χ2v) is 5.28. The molecule has 7 nitrogen and oxygen atoms in total. The van der Waals surface area contributed by atoms with Crippen molar-refractivity contribution in [1.29, 1.82) is 0 Å². The average Bonchev–Trinajstić information content (AvgIpc) is 2.73. The number of nitrogens with one attached hydrogen (secondary N) is 1. The van der Waals surface area contributed by atoms with E-state index in [2.05, 4.69) is 14.5 Å². The monoisotopic (exact) mass is 304 g/mol.